The number of nitrogens with zero attached hydrogens (tertiary/aromatic N) is 2. The van der Waals surface area contributed by atoms with Gasteiger partial charge in [0.05, 0.1) is 29.3 Å². The number of fused-ring (bicyclic) bond motifs is 1. The number of aromatic amines is 1. The maximum atomic E-state index is 11.9. The minimum atomic E-state index is -0.481. The minimum Gasteiger partial charge on any atom is -0.496 e. The van der Waals surface area contributed by atoms with Gasteiger partial charge >= 0.3 is 0 Å². The fourth-order valence-electron chi connectivity index (χ4n) is 3.89. The van der Waals surface area contributed by atoms with Crippen molar-refractivity contribution in [2.75, 3.05) is 19.0 Å². The van der Waals surface area contributed by atoms with Gasteiger partial charge in [-0.1, -0.05) is 24.6 Å². The molecule has 0 spiro atoms. The van der Waals surface area contributed by atoms with Crippen LogP contribution in [-0.2, 0) is 5.41 Å². The third kappa shape index (κ3) is 2.96. The summed E-state index contributed by atoms with van der Waals surface area (Å²) >= 11 is 0. The molecule has 3 aromatic rings. The first-order valence-electron chi connectivity index (χ1n) is 9.07. The van der Waals surface area contributed by atoms with Crippen molar-refractivity contribution in [2.45, 2.75) is 24.7 Å². The summed E-state index contributed by atoms with van der Waals surface area (Å²) in [7, 11) is 1.65. The van der Waals surface area contributed by atoms with E-state index < -0.39 is 10.5 Å². The first kappa shape index (κ1) is 18.0. The Morgan fingerprint density at radius 2 is 2.11 bits per heavy atom. The van der Waals surface area contributed by atoms with Crippen LogP contribution in [0.5, 0.6) is 5.75 Å². The quantitative estimate of drug-likeness (QED) is 0.501. The fraction of sp³-hybridized carbons (Fsp3) is 0.300. The van der Waals surface area contributed by atoms with E-state index in [1.54, 1.807) is 13.2 Å². The van der Waals surface area contributed by atoms with Gasteiger partial charge in [0.25, 0.3) is 11.2 Å². The molecular formula is C20H20N4O4. The van der Waals surface area contributed by atoms with Gasteiger partial charge in [-0.25, -0.2) is 4.98 Å². The van der Waals surface area contributed by atoms with Crippen molar-refractivity contribution in [1.82, 2.24) is 9.97 Å². The summed E-state index contributed by atoms with van der Waals surface area (Å²) in [5, 5.41) is 15.0. The van der Waals surface area contributed by atoms with E-state index in [0.717, 1.165) is 30.6 Å². The molecular weight excluding hydrogens is 360 g/mol. The van der Waals surface area contributed by atoms with E-state index in [9.17, 15) is 14.9 Å². The van der Waals surface area contributed by atoms with E-state index >= 15 is 0 Å². The van der Waals surface area contributed by atoms with Crippen molar-refractivity contribution in [2.24, 2.45) is 0 Å². The number of methoxy groups -OCH3 is 1. The largest absolute Gasteiger partial charge is 0.496 e. The molecule has 28 heavy (non-hydrogen) atoms. The van der Waals surface area contributed by atoms with Crippen molar-refractivity contribution in [3.63, 3.8) is 0 Å². The van der Waals surface area contributed by atoms with E-state index in [-0.39, 0.29) is 16.5 Å². The van der Waals surface area contributed by atoms with Crippen LogP contribution in [0.2, 0.25) is 0 Å². The Morgan fingerprint density at radius 1 is 1.32 bits per heavy atom. The van der Waals surface area contributed by atoms with Crippen LogP contribution in [0, 0.1) is 10.1 Å². The number of ether oxygens (including phenoxy) is 1. The molecule has 0 aliphatic heterocycles. The van der Waals surface area contributed by atoms with E-state index in [1.807, 2.05) is 18.2 Å². The second-order valence-electron chi connectivity index (χ2n) is 7.06. The monoisotopic (exact) mass is 380 g/mol. The standard InChI is InChI=1S/C20H20N4O4/c1-28-18-6-3-2-5-14(18)20(7-4-8-20)11-21-16-10-15-13(9-17(16)24(26)27)19(25)23-12-22-15/h2-3,5-6,9-10,12,21H,4,7-8,11H2,1H3,(H,22,23,25). The van der Waals surface area contributed by atoms with Crippen molar-refractivity contribution >= 4 is 22.3 Å². The zero-order valence-corrected chi connectivity index (χ0v) is 15.4. The lowest BCUT2D eigenvalue weighted by molar-refractivity contribution is -0.383. The Labute approximate surface area is 160 Å². The van der Waals surface area contributed by atoms with Crippen LogP contribution in [0.15, 0.2) is 47.5 Å². The highest BCUT2D eigenvalue weighted by atomic mass is 16.6. The Bertz CT molecular complexity index is 1100. The summed E-state index contributed by atoms with van der Waals surface area (Å²) in [5.41, 5.74) is 1.20. The summed E-state index contributed by atoms with van der Waals surface area (Å²) in [4.78, 5) is 29.6. The second kappa shape index (κ2) is 6.95. The number of rotatable bonds is 6. The van der Waals surface area contributed by atoms with Gasteiger partial charge in [-0.2, -0.15) is 0 Å². The zero-order valence-electron chi connectivity index (χ0n) is 15.4. The lowest BCUT2D eigenvalue weighted by Crippen LogP contribution is -2.41. The zero-order chi connectivity index (χ0) is 19.7. The summed E-state index contributed by atoms with van der Waals surface area (Å²) in [6.07, 6.45) is 4.33. The van der Waals surface area contributed by atoms with Crippen LogP contribution in [0.25, 0.3) is 10.9 Å². The van der Waals surface area contributed by atoms with E-state index in [0.29, 0.717) is 17.7 Å². The number of anilines is 1. The summed E-state index contributed by atoms with van der Waals surface area (Å²) < 4.78 is 5.53. The van der Waals surface area contributed by atoms with Gasteiger partial charge in [-0.3, -0.25) is 14.9 Å². The van der Waals surface area contributed by atoms with Gasteiger partial charge in [-0.05, 0) is 25.0 Å². The number of benzene rings is 2. The maximum absolute atomic E-state index is 11.9. The highest BCUT2D eigenvalue weighted by Crippen LogP contribution is 2.47. The van der Waals surface area contributed by atoms with E-state index in [4.69, 9.17) is 4.74 Å². The lowest BCUT2D eigenvalue weighted by atomic mass is 9.64. The predicted octanol–water partition coefficient (Wildman–Crippen LogP) is 3.37. The molecule has 0 unspecified atom stereocenters. The Balaban J connectivity index is 1.71. The third-order valence-corrected chi connectivity index (χ3v) is 5.56. The first-order chi connectivity index (χ1) is 13.5. The fourth-order valence-corrected chi connectivity index (χ4v) is 3.89. The number of nitro benzene ring substituents is 1. The number of hydrogen-bond acceptors (Lipinski definition) is 6. The Morgan fingerprint density at radius 3 is 2.79 bits per heavy atom. The topological polar surface area (TPSA) is 110 Å². The van der Waals surface area contributed by atoms with Crippen LogP contribution in [0.3, 0.4) is 0 Å². The highest BCUT2D eigenvalue weighted by molar-refractivity contribution is 5.86. The molecule has 0 amide bonds. The van der Waals surface area contributed by atoms with Crippen LogP contribution >= 0.6 is 0 Å². The molecule has 1 heterocycles. The molecule has 0 bridgehead atoms. The summed E-state index contributed by atoms with van der Waals surface area (Å²) in [6, 6.07) is 10.7. The van der Waals surface area contributed by atoms with Crippen LogP contribution in [-0.4, -0.2) is 28.5 Å². The number of hydrogen-bond donors (Lipinski definition) is 2. The first-order valence-corrected chi connectivity index (χ1v) is 9.07. The minimum absolute atomic E-state index is 0.138. The molecule has 4 rings (SSSR count). The molecule has 8 nitrogen and oxygen atoms in total. The van der Waals surface area contributed by atoms with Crippen LogP contribution < -0.4 is 15.6 Å². The van der Waals surface area contributed by atoms with Gasteiger partial charge in [0.2, 0.25) is 0 Å². The van der Waals surface area contributed by atoms with Crippen LogP contribution in [0.1, 0.15) is 24.8 Å². The third-order valence-electron chi connectivity index (χ3n) is 5.56. The maximum Gasteiger partial charge on any atom is 0.293 e. The Kier molecular flexibility index (Phi) is 4.46. The Hall–Kier alpha value is -3.42. The normalized spacial score (nSPS) is 15.0. The van der Waals surface area contributed by atoms with E-state index in [2.05, 4.69) is 21.4 Å². The molecule has 2 N–H and O–H groups in total. The summed E-state index contributed by atoms with van der Waals surface area (Å²) in [6.45, 7) is 0.531. The molecule has 1 fully saturated rings. The SMILES string of the molecule is COc1ccccc1C1(CNc2cc3nc[nH]c(=O)c3cc2[N+](=O)[O-])CCC1. The van der Waals surface area contributed by atoms with Gasteiger partial charge in [0.15, 0.2) is 0 Å². The van der Waals surface area contributed by atoms with E-state index in [1.165, 1.54) is 12.4 Å². The second-order valence-corrected chi connectivity index (χ2v) is 7.06. The van der Waals surface area contributed by atoms with Gasteiger partial charge < -0.3 is 15.0 Å². The van der Waals surface area contributed by atoms with Crippen molar-refractivity contribution in [1.29, 1.82) is 0 Å². The highest BCUT2D eigenvalue weighted by Gasteiger charge is 2.40. The molecule has 1 aromatic heterocycles. The predicted molar refractivity (Wildman–Crippen MR) is 106 cm³/mol. The summed E-state index contributed by atoms with van der Waals surface area (Å²) in [5.74, 6) is 0.824. The molecule has 8 heteroatoms. The van der Waals surface area contributed by atoms with Crippen molar-refractivity contribution in [3.8, 4) is 5.75 Å². The molecule has 0 saturated heterocycles. The van der Waals surface area contributed by atoms with Gasteiger partial charge in [0.1, 0.15) is 11.4 Å². The molecule has 2 aromatic carbocycles. The number of nitrogens with one attached hydrogen (secondary N) is 2. The molecule has 1 saturated carbocycles. The van der Waals surface area contributed by atoms with Crippen molar-refractivity contribution < 1.29 is 9.66 Å². The van der Waals surface area contributed by atoms with Crippen LogP contribution in [0.4, 0.5) is 11.4 Å². The van der Waals surface area contributed by atoms with Gasteiger partial charge in [0, 0.05) is 23.6 Å². The number of H-pyrrole nitrogens is 1. The number of aromatic nitrogens is 2. The molecule has 144 valence electrons. The van der Waals surface area contributed by atoms with Gasteiger partial charge in [-0.15, -0.1) is 0 Å². The average molecular weight is 380 g/mol. The molecule has 0 radical (unpaired) electrons. The average Bonchev–Trinajstić information content (AvgIpc) is 2.67. The molecule has 0 atom stereocenters. The number of nitro groups is 1. The smallest absolute Gasteiger partial charge is 0.293 e. The number of para-hydroxylation sites is 1. The van der Waals surface area contributed by atoms with Crippen molar-refractivity contribution in [3.05, 3.63) is 68.8 Å². The lowest BCUT2D eigenvalue weighted by Gasteiger charge is -2.43. The molecule has 1 aliphatic rings. The molecule has 1 aliphatic carbocycles.